The van der Waals surface area contributed by atoms with Crippen LogP contribution in [-0.4, -0.2) is 39.5 Å². The summed E-state index contributed by atoms with van der Waals surface area (Å²) < 4.78 is 0. The van der Waals surface area contributed by atoms with Gasteiger partial charge in [0.15, 0.2) is 0 Å². The minimum atomic E-state index is -0.469. The smallest absolute Gasteiger partial charge is 0.275 e. The first-order valence-corrected chi connectivity index (χ1v) is 7.98. The highest BCUT2D eigenvalue weighted by Gasteiger charge is 2.33. The van der Waals surface area contributed by atoms with E-state index in [1.165, 1.54) is 0 Å². The average Bonchev–Trinajstić information content (AvgIpc) is 2.84. The second kappa shape index (κ2) is 6.66. The first-order valence-electron chi connectivity index (χ1n) is 7.98. The Kier molecular flexibility index (Phi) is 5.04. The maximum Gasteiger partial charge on any atom is 0.275 e. The van der Waals surface area contributed by atoms with Gasteiger partial charge in [-0.15, -0.1) is 0 Å². The molecule has 1 amide bonds. The maximum absolute atomic E-state index is 13.0. The normalized spacial score (nSPS) is 19.0. The van der Waals surface area contributed by atoms with E-state index >= 15 is 0 Å². The van der Waals surface area contributed by atoms with Gasteiger partial charge in [0.1, 0.15) is 0 Å². The Morgan fingerprint density at radius 3 is 2.65 bits per heavy atom. The molecular formula is C17H24N2O4. The molecule has 2 atom stereocenters. The molecule has 1 aromatic rings. The third-order valence-corrected chi connectivity index (χ3v) is 4.58. The summed E-state index contributed by atoms with van der Waals surface area (Å²) in [4.78, 5) is 25.6. The van der Waals surface area contributed by atoms with Crippen LogP contribution in [0.15, 0.2) is 6.07 Å². The van der Waals surface area contributed by atoms with Crippen LogP contribution in [0.3, 0.4) is 0 Å². The zero-order valence-electron chi connectivity index (χ0n) is 14.1. The van der Waals surface area contributed by atoms with E-state index in [4.69, 9.17) is 0 Å². The summed E-state index contributed by atoms with van der Waals surface area (Å²) in [7, 11) is 0. The maximum atomic E-state index is 13.0. The molecule has 0 spiro atoms. The van der Waals surface area contributed by atoms with Crippen molar-refractivity contribution in [3.8, 4) is 0 Å². The Balaban J connectivity index is 2.43. The molecule has 2 unspecified atom stereocenters. The van der Waals surface area contributed by atoms with Gasteiger partial charge < -0.3 is 10.0 Å². The van der Waals surface area contributed by atoms with Crippen molar-refractivity contribution >= 4 is 11.6 Å². The molecule has 1 aliphatic rings. The van der Waals surface area contributed by atoms with Gasteiger partial charge in [0.05, 0.1) is 16.6 Å². The standard InChI is InChI=1S/C17H24N2O4/c1-10-8-11(2)16(19(22)23)13(4)15(10)17(21)18-7-5-6-14(18)9-12(3)20/h8,12,14,20H,5-7,9H2,1-4H3. The van der Waals surface area contributed by atoms with E-state index < -0.39 is 11.0 Å². The van der Waals surface area contributed by atoms with Crippen molar-refractivity contribution < 1.29 is 14.8 Å². The fourth-order valence-corrected chi connectivity index (χ4v) is 3.67. The molecule has 0 bridgehead atoms. The third-order valence-electron chi connectivity index (χ3n) is 4.58. The Labute approximate surface area is 136 Å². The predicted octanol–water partition coefficient (Wildman–Crippen LogP) is 2.90. The van der Waals surface area contributed by atoms with Gasteiger partial charge >= 0.3 is 0 Å². The van der Waals surface area contributed by atoms with E-state index in [2.05, 4.69) is 0 Å². The first kappa shape index (κ1) is 17.4. The van der Waals surface area contributed by atoms with Crippen LogP contribution in [0.5, 0.6) is 0 Å². The monoisotopic (exact) mass is 320 g/mol. The number of nitrogens with zero attached hydrogens (tertiary/aromatic N) is 2. The number of carbonyl (C=O) groups is 1. The fourth-order valence-electron chi connectivity index (χ4n) is 3.67. The van der Waals surface area contributed by atoms with Crippen LogP contribution >= 0.6 is 0 Å². The second-order valence-corrected chi connectivity index (χ2v) is 6.50. The molecule has 0 radical (unpaired) electrons. The number of rotatable bonds is 4. The van der Waals surface area contributed by atoms with Crippen LogP contribution < -0.4 is 0 Å². The van der Waals surface area contributed by atoms with E-state index in [-0.39, 0.29) is 17.6 Å². The Bertz CT molecular complexity index is 640. The molecule has 0 aromatic heterocycles. The SMILES string of the molecule is Cc1cc(C)c([N+](=O)[O-])c(C)c1C(=O)N1CCCC1CC(C)O. The summed E-state index contributed by atoms with van der Waals surface area (Å²) in [5.41, 5.74) is 2.21. The quantitative estimate of drug-likeness (QED) is 0.683. The van der Waals surface area contributed by atoms with E-state index in [9.17, 15) is 20.0 Å². The number of hydrogen-bond acceptors (Lipinski definition) is 4. The van der Waals surface area contributed by atoms with E-state index in [1.54, 1.807) is 31.7 Å². The van der Waals surface area contributed by atoms with Crippen molar-refractivity contribution in [2.24, 2.45) is 0 Å². The summed E-state index contributed by atoms with van der Waals surface area (Å²) in [6.45, 7) is 7.51. The number of aliphatic hydroxyl groups is 1. The zero-order valence-corrected chi connectivity index (χ0v) is 14.1. The van der Waals surface area contributed by atoms with Crippen molar-refractivity contribution in [2.45, 2.75) is 59.1 Å². The molecule has 1 saturated heterocycles. The van der Waals surface area contributed by atoms with Gasteiger partial charge in [0, 0.05) is 23.7 Å². The van der Waals surface area contributed by atoms with Gasteiger partial charge in [-0.2, -0.15) is 0 Å². The summed E-state index contributed by atoms with van der Waals surface area (Å²) in [5, 5.41) is 20.9. The largest absolute Gasteiger partial charge is 0.393 e. The van der Waals surface area contributed by atoms with E-state index in [0.29, 0.717) is 29.7 Å². The van der Waals surface area contributed by atoms with E-state index in [1.807, 2.05) is 6.92 Å². The third kappa shape index (κ3) is 3.37. The molecule has 1 N–H and O–H groups in total. The molecule has 1 aromatic carbocycles. The van der Waals surface area contributed by atoms with Crippen LogP contribution in [0.2, 0.25) is 0 Å². The van der Waals surface area contributed by atoms with Crippen molar-refractivity contribution in [2.75, 3.05) is 6.54 Å². The lowest BCUT2D eigenvalue weighted by Crippen LogP contribution is -2.38. The summed E-state index contributed by atoms with van der Waals surface area (Å²) in [6, 6.07) is 1.71. The van der Waals surface area contributed by atoms with Gasteiger partial charge in [0.25, 0.3) is 11.6 Å². The van der Waals surface area contributed by atoms with Crippen molar-refractivity contribution in [3.05, 3.63) is 38.4 Å². The van der Waals surface area contributed by atoms with E-state index in [0.717, 1.165) is 18.4 Å². The van der Waals surface area contributed by atoms with Gasteiger partial charge in [-0.05, 0) is 58.6 Å². The van der Waals surface area contributed by atoms with Crippen molar-refractivity contribution in [3.63, 3.8) is 0 Å². The van der Waals surface area contributed by atoms with Gasteiger partial charge in [-0.25, -0.2) is 0 Å². The zero-order chi connectivity index (χ0) is 17.3. The lowest BCUT2D eigenvalue weighted by molar-refractivity contribution is -0.386. The summed E-state index contributed by atoms with van der Waals surface area (Å²) in [6.07, 6.45) is 1.83. The number of nitro groups is 1. The number of aryl methyl sites for hydroxylation is 2. The number of benzene rings is 1. The summed E-state index contributed by atoms with van der Waals surface area (Å²) >= 11 is 0. The van der Waals surface area contributed by atoms with Crippen LogP contribution in [-0.2, 0) is 0 Å². The molecule has 6 nitrogen and oxygen atoms in total. The van der Waals surface area contributed by atoms with Crippen LogP contribution in [0, 0.1) is 30.9 Å². The van der Waals surface area contributed by atoms with Crippen molar-refractivity contribution in [1.82, 2.24) is 4.90 Å². The molecular weight excluding hydrogens is 296 g/mol. The first-order chi connectivity index (χ1) is 10.7. The molecule has 0 aliphatic carbocycles. The number of hydrogen-bond donors (Lipinski definition) is 1. The number of nitro benzene ring substituents is 1. The highest BCUT2D eigenvalue weighted by molar-refractivity contribution is 5.98. The minimum Gasteiger partial charge on any atom is -0.393 e. The van der Waals surface area contributed by atoms with Crippen LogP contribution in [0.4, 0.5) is 5.69 Å². The van der Waals surface area contributed by atoms with Gasteiger partial charge in [-0.3, -0.25) is 14.9 Å². The summed E-state index contributed by atoms with van der Waals surface area (Å²) in [5.74, 6) is -0.161. The minimum absolute atomic E-state index is 0.00154. The Hall–Kier alpha value is -1.95. The number of likely N-dealkylation sites (tertiary alicyclic amines) is 1. The predicted molar refractivity (Wildman–Crippen MR) is 87.7 cm³/mol. The van der Waals surface area contributed by atoms with Gasteiger partial charge in [-0.1, -0.05) is 0 Å². The number of carbonyl (C=O) groups excluding carboxylic acids is 1. The lowest BCUT2D eigenvalue weighted by Gasteiger charge is -2.27. The Morgan fingerprint density at radius 1 is 1.43 bits per heavy atom. The molecule has 6 heteroatoms. The highest BCUT2D eigenvalue weighted by Crippen LogP contribution is 2.32. The lowest BCUT2D eigenvalue weighted by atomic mass is 9.96. The second-order valence-electron chi connectivity index (χ2n) is 6.50. The van der Waals surface area contributed by atoms with Crippen molar-refractivity contribution in [1.29, 1.82) is 0 Å². The topological polar surface area (TPSA) is 83.7 Å². The van der Waals surface area contributed by atoms with Crippen LogP contribution in [0.25, 0.3) is 0 Å². The molecule has 1 fully saturated rings. The Morgan fingerprint density at radius 2 is 2.09 bits per heavy atom. The van der Waals surface area contributed by atoms with Crippen LogP contribution in [0.1, 0.15) is 53.2 Å². The molecule has 0 saturated carbocycles. The number of amides is 1. The molecule has 23 heavy (non-hydrogen) atoms. The molecule has 2 rings (SSSR count). The average molecular weight is 320 g/mol. The molecule has 1 aliphatic heterocycles. The van der Waals surface area contributed by atoms with Gasteiger partial charge in [0.2, 0.25) is 0 Å². The molecule has 126 valence electrons. The highest BCUT2D eigenvalue weighted by atomic mass is 16.6. The molecule has 1 heterocycles. The fraction of sp³-hybridized carbons (Fsp3) is 0.588. The number of aliphatic hydroxyl groups excluding tert-OH is 1.